The number of carbonyl (C=O) groups excluding carboxylic acids is 2. The maximum atomic E-state index is 13.9. The van der Waals surface area contributed by atoms with E-state index in [1.54, 1.807) is 62.6 Å². The van der Waals surface area contributed by atoms with E-state index in [9.17, 15) is 18.0 Å². The summed E-state index contributed by atoms with van der Waals surface area (Å²) in [5, 5.41) is 2.84. The van der Waals surface area contributed by atoms with Crippen LogP contribution >= 0.6 is 0 Å². The number of aryl methyl sites for hydroxylation is 1. The number of hydrogen-bond acceptors (Lipinski definition) is 5. The lowest BCUT2D eigenvalue weighted by molar-refractivity contribution is -0.139. The summed E-state index contributed by atoms with van der Waals surface area (Å²) >= 11 is 0. The van der Waals surface area contributed by atoms with Gasteiger partial charge in [0.2, 0.25) is 11.8 Å². The lowest BCUT2D eigenvalue weighted by Gasteiger charge is -2.32. The first-order chi connectivity index (χ1) is 18.2. The van der Waals surface area contributed by atoms with Gasteiger partial charge in [-0.3, -0.25) is 13.9 Å². The van der Waals surface area contributed by atoms with Crippen LogP contribution in [0.4, 0.5) is 5.69 Å². The second-order valence-corrected chi connectivity index (χ2v) is 10.9. The number of anilines is 1. The minimum absolute atomic E-state index is 0.0738. The highest BCUT2D eigenvalue weighted by Crippen LogP contribution is 2.25. The van der Waals surface area contributed by atoms with Crippen LogP contribution in [0.5, 0.6) is 5.75 Å². The van der Waals surface area contributed by atoms with Crippen LogP contribution in [0.15, 0.2) is 83.8 Å². The van der Waals surface area contributed by atoms with Crippen molar-refractivity contribution in [3.05, 3.63) is 90.0 Å². The van der Waals surface area contributed by atoms with E-state index in [0.717, 1.165) is 21.9 Å². The second-order valence-electron chi connectivity index (χ2n) is 9.00. The third-order valence-electron chi connectivity index (χ3n) is 6.13. The predicted molar refractivity (Wildman–Crippen MR) is 148 cm³/mol. The monoisotopic (exact) mass is 537 g/mol. The highest BCUT2D eigenvalue weighted by atomic mass is 32.2. The molecule has 0 spiro atoms. The highest BCUT2D eigenvalue weighted by molar-refractivity contribution is 7.92. The summed E-state index contributed by atoms with van der Waals surface area (Å²) in [5.41, 5.74) is 2.00. The van der Waals surface area contributed by atoms with Crippen LogP contribution in [0.2, 0.25) is 0 Å². The van der Waals surface area contributed by atoms with Gasteiger partial charge in [0.1, 0.15) is 18.3 Å². The molecular formula is C29H35N3O5S. The topological polar surface area (TPSA) is 96.0 Å². The van der Waals surface area contributed by atoms with Crippen molar-refractivity contribution in [2.45, 2.75) is 44.7 Å². The van der Waals surface area contributed by atoms with E-state index in [2.05, 4.69) is 5.32 Å². The molecule has 0 saturated heterocycles. The molecule has 3 aromatic carbocycles. The van der Waals surface area contributed by atoms with Gasteiger partial charge in [0, 0.05) is 13.1 Å². The Morgan fingerprint density at radius 2 is 1.66 bits per heavy atom. The van der Waals surface area contributed by atoms with Gasteiger partial charge < -0.3 is 15.0 Å². The molecule has 1 N–H and O–H groups in total. The highest BCUT2D eigenvalue weighted by Gasteiger charge is 2.32. The molecule has 0 aliphatic heterocycles. The average molecular weight is 538 g/mol. The summed E-state index contributed by atoms with van der Waals surface area (Å²) in [6.45, 7) is 5.58. The molecule has 0 heterocycles. The molecule has 0 bridgehead atoms. The Morgan fingerprint density at radius 1 is 0.974 bits per heavy atom. The largest absolute Gasteiger partial charge is 0.497 e. The van der Waals surface area contributed by atoms with E-state index >= 15 is 0 Å². The molecule has 9 heteroatoms. The quantitative estimate of drug-likeness (QED) is 0.375. The van der Waals surface area contributed by atoms with E-state index in [4.69, 9.17) is 4.74 Å². The Balaban J connectivity index is 2.00. The lowest BCUT2D eigenvalue weighted by Crippen LogP contribution is -2.51. The molecule has 3 rings (SSSR count). The number of nitrogens with zero attached hydrogens (tertiary/aromatic N) is 2. The lowest BCUT2D eigenvalue weighted by atomic mass is 10.1. The zero-order valence-electron chi connectivity index (χ0n) is 22.3. The molecule has 0 radical (unpaired) electrons. The van der Waals surface area contributed by atoms with Crippen molar-refractivity contribution >= 4 is 27.5 Å². The van der Waals surface area contributed by atoms with Crippen molar-refractivity contribution in [3.8, 4) is 5.75 Å². The van der Waals surface area contributed by atoms with E-state index in [-0.39, 0.29) is 17.3 Å². The molecule has 0 saturated carbocycles. The normalized spacial score (nSPS) is 11.9. The smallest absolute Gasteiger partial charge is 0.264 e. The molecule has 1 atom stereocenters. The fourth-order valence-corrected chi connectivity index (χ4v) is 5.36. The number of amides is 2. The molecule has 2 amide bonds. The summed E-state index contributed by atoms with van der Waals surface area (Å²) in [6, 6.07) is 21.3. The SMILES string of the molecule is CCCNC(=O)[C@@H](C)N(Cc1ccc(OC)cc1)C(=O)CN(c1cccc(C)c1)S(=O)(=O)c1ccccc1. The number of ether oxygens (including phenoxy) is 1. The Morgan fingerprint density at radius 3 is 2.26 bits per heavy atom. The van der Waals surface area contributed by atoms with Gasteiger partial charge in [0.25, 0.3) is 10.0 Å². The van der Waals surface area contributed by atoms with E-state index in [1.807, 2.05) is 32.0 Å². The van der Waals surface area contributed by atoms with Crippen molar-refractivity contribution in [2.24, 2.45) is 0 Å². The first kappa shape index (κ1) is 28.7. The van der Waals surface area contributed by atoms with Crippen LogP contribution in [0.25, 0.3) is 0 Å². The van der Waals surface area contributed by atoms with Crippen LogP contribution in [0.3, 0.4) is 0 Å². The van der Waals surface area contributed by atoms with Crippen LogP contribution in [0.1, 0.15) is 31.4 Å². The number of methoxy groups -OCH3 is 1. The minimum atomic E-state index is -4.07. The number of sulfonamides is 1. The van der Waals surface area contributed by atoms with Gasteiger partial charge in [-0.25, -0.2) is 8.42 Å². The first-order valence-electron chi connectivity index (χ1n) is 12.5. The average Bonchev–Trinajstić information content (AvgIpc) is 2.93. The molecule has 3 aromatic rings. The van der Waals surface area contributed by atoms with Gasteiger partial charge in [-0.2, -0.15) is 0 Å². The van der Waals surface area contributed by atoms with Crippen LogP contribution < -0.4 is 14.4 Å². The van der Waals surface area contributed by atoms with Crippen LogP contribution in [-0.4, -0.2) is 51.4 Å². The predicted octanol–water partition coefficient (Wildman–Crippen LogP) is 4.14. The fourth-order valence-electron chi connectivity index (χ4n) is 3.94. The number of rotatable bonds is 12. The number of benzene rings is 3. The molecule has 8 nitrogen and oxygen atoms in total. The van der Waals surface area contributed by atoms with Gasteiger partial charge in [-0.1, -0.05) is 49.4 Å². The zero-order valence-corrected chi connectivity index (χ0v) is 23.1. The second kappa shape index (κ2) is 13.1. The van der Waals surface area contributed by atoms with Crippen molar-refractivity contribution in [1.82, 2.24) is 10.2 Å². The summed E-state index contributed by atoms with van der Waals surface area (Å²) in [5.74, 6) is -0.136. The standard InChI is InChI=1S/C29H35N3O5S/c1-5-18-30-29(34)23(3)31(20-24-14-16-26(37-4)17-15-24)28(33)21-32(25-11-9-10-22(2)19-25)38(35,36)27-12-7-6-8-13-27/h6-17,19,23H,5,18,20-21H2,1-4H3,(H,30,34)/t23-/m1/s1. The third kappa shape index (κ3) is 7.13. The van der Waals surface area contributed by atoms with Crippen molar-refractivity contribution in [1.29, 1.82) is 0 Å². The van der Waals surface area contributed by atoms with Crippen molar-refractivity contribution in [2.75, 3.05) is 24.5 Å². The maximum Gasteiger partial charge on any atom is 0.264 e. The summed E-state index contributed by atoms with van der Waals surface area (Å²) in [6.07, 6.45) is 0.751. The maximum absolute atomic E-state index is 13.9. The van der Waals surface area contributed by atoms with Gasteiger partial charge in [0.15, 0.2) is 0 Å². The molecule has 0 aromatic heterocycles. The summed E-state index contributed by atoms with van der Waals surface area (Å²) < 4.78 is 33.8. The summed E-state index contributed by atoms with van der Waals surface area (Å²) in [7, 11) is -2.51. The molecule has 0 aliphatic rings. The molecule has 0 fully saturated rings. The first-order valence-corrected chi connectivity index (χ1v) is 14.0. The van der Waals surface area contributed by atoms with E-state index in [1.165, 1.54) is 17.0 Å². The minimum Gasteiger partial charge on any atom is -0.497 e. The molecule has 0 unspecified atom stereocenters. The Bertz CT molecular complexity index is 1330. The van der Waals surface area contributed by atoms with Crippen molar-refractivity contribution < 1.29 is 22.7 Å². The molecule has 38 heavy (non-hydrogen) atoms. The Kier molecular flexibility index (Phi) is 9.90. The van der Waals surface area contributed by atoms with E-state index < -0.39 is 28.5 Å². The van der Waals surface area contributed by atoms with Crippen LogP contribution in [0, 0.1) is 6.92 Å². The number of nitrogens with one attached hydrogen (secondary N) is 1. The van der Waals surface area contributed by atoms with Gasteiger partial charge >= 0.3 is 0 Å². The summed E-state index contributed by atoms with van der Waals surface area (Å²) in [4.78, 5) is 28.2. The number of carbonyl (C=O) groups is 2. The van der Waals surface area contributed by atoms with Crippen LogP contribution in [-0.2, 0) is 26.2 Å². The Labute approximate surface area is 225 Å². The zero-order chi connectivity index (χ0) is 27.7. The van der Waals surface area contributed by atoms with Gasteiger partial charge in [-0.15, -0.1) is 0 Å². The van der Waals surface area contributed by atoms with Gasteiger partial charge in [-0.05, 0) is 67.8 Å². The number of hydrogen-bond donors (Lipinski definition) is 1. The van der Waals surface area contributed by atoms with Crippen molar-refractivity contribution in [3.63, 3.8) is 0 Å². The molecule has 202 valence electrons. The van der Waals surface area contributed by atoms with Gasteiger partial charge in [0.05, 0.1) is 17.7 Å². The third-order valence-corrected chi connectivity index (χ3v) is 7.92. The Hall–Kier alpha value is -3.85. The molecule has 0 aliphatic carbocycles. The fraction of sp³-hybridized carbons (Fsp3) is 0.310. The van der Waals surface area contributed by atoms with E-state index in [0.29, 0.717) is 18.0 Å². The molecular weight excluding hydrogens is 502 g/mol.